The summed E-state index contributed by atoms with van der Waals surface area (Å²) in [6.07, 6.45) is -4.45. The monoisotopic (exact) mass is 347 g/mol. The van der Waals surface area contributed by atoms with Gasteiger partial charge in [-0.3, -0.25) is 4.79 Å². The summed E-state index contributed by atoms with van der Waals surface area (Å²) in [6.45, 7) is 5.76. The SMILES string of the molecule is CCOc1ccccc1OCC(=O)N(CC(C)(C)C)CC(F)(F)F. The van der Waals surface area contributed by atoms with Crippen LogP contribution in [-0.2, 0) is 4.79 Å². The van der Waals surface area contributed by atoms with E-state index in [1.54, 1.807) is 52.0 Å². The molecule has 0 saturated carbocycles. The molecule has 136 valence electrons. The molecule has 0 radical (unpaired) electrons. The number of nitrogens with zero attached hydrogens (tertiary/aromatic N) is 1. The number of hydrogen-bond donors (Lipinski definition) is 0. The summed E-state index contributed by atoms with van der Waals surface area (Å²) in [6, 6.07) is 6.72. The van der Waals surface area contributed by atoms with Gasteiger partial charge in [-0.1, -0.05) is 32.9 Å². The normalized spacial score (nSPS) is 12.0. The van der Waals surface area contributed by atoms with Gasteiger partial charge in [-0.05, 0) is 24.5 Å². The Morgan fingerprint density at radius 1 is 1.04 bits per heavy atom. The fourth-order valence-electron chi connectivity index (χ4n) is 2.10. The van der Waals surface area contributed by atoms with Crippen LogP contribution >= 0.6 is 0 Å². The average Bonchev–Trinajstić information content (AvgIpc) is 2.42. The molecule has 1 rings (SSSR count). The van der Waals surface area contributed by atoms with Crippen LogP contribution in [0.4, 0.5) is 13.2 Å². The van der Waals surface area contributed by atoms with Gasteiger partial charge in [0.2, 0.25) is 0 Å². The van der Waals surface area contributed by atoms with Gasteiger partial charge in [0.05, 0.1) is 6.61 Å². The van der Waals surface area contributed by atoms with Crippen molar-refractivity contribution in [1.29, 1.82) is 0 Å². The van der Waals surface area contributed by atoms with E-state index in [0.29, 0.717) is 18.1 Å². The molecule has 1 aromatic carbocycles. The van der Waals surface area contributed by atoms with Crippen LogP contribution in [0, 0.1) is 5.41 Å². The van der Waals surface area contributed by atoms with E-state index in [4.69, 9.17) is 9.47 Å². The highest BCUT2D eigenvalue weighted by Crippen LogP contribution is 2.27. The van der Waals surface area contributed by atoms with Crippen molar-refractivity contribution >= 4 is 5.91 Å². The lowest BCUT2D eigenvalue weighted by atomic mass is 9.96. The first-order chi connectivity index (χ1) is 11.0. The molecule has 0 atom stereocenters. The Bertz CT molecular complexity index is 523. The number of amides is 1. The Labute approximate surface area is 140 Å². The minimum atomic E-state index is -4.45. The van der Waals surface area contributed by atoms with Crippen LogP contribution in [0.25, 0.3) is 0 Å². The Balaban J connectivity index is 2.78. The van der Waals surface area contributed by atoms with Gasteiger partial charge in [0.25, 0.3) is 5.91 Å². The van der Waals surface area contributed by atoms with E-state index in [1.165, 1.54) is 0 Å². The van der Waals surface area contributed by atoms with Gasteiger partial charge in [-0.15, -0.1) is 0 Å². The van der Waals surface area contributed by atoms with Crippen molar-refractivity contribution in [3.63, 3.8) is 0 Å². The quantitative estimate of drug-likeness (QED) is 0.751. The summed E-state index contributed by atoms with van der Waals surface area (Å²) in [5.74, 6) is 0.0648. The molecule has 0 fully saturated rings. The van der Waals surface area contributed by atoms with E-state index in [0.717, 1.165) is 4.90 Å². The number of para-hydroxylation sites is 2. The van der Waals surface area contributed by atoms with E-state index < -0.39 is 30.7 Å². The first-order valence-corrected chi connectivity index (χ1v) is 7.71. The topological polar surface area (TPSA) is 38.8 Å². The van der Waals surface area contributed by atoms with Crippen molar-refractivity contribution in [3.05, 3.63) is 24.3 Å². The molecule has 0 bridgehead atoms. The Kier molecular flexibility index (Phi) is 6.93. The minimum absolute atomic E-state index is 0.0121. The largest absolute Gasteiger partial charge is 0.490 e. The summed E-state index contributed by atoms with van der Waals surface area (Å²) in [5.41, 5.74) is -0.454. The van der Waals surface area contributed by atoms with Gasteiger partial charge < -0.3 is 14.4 Å². The first-order valence-electron chi connectivity index (χ1n) is 7.71. The molecular weight excluding hydrogens is 323 g/mol. The average molecular weight is 347 g/mol. The number of benzene rings is 1. The van der Waals surface area contributed by atoms with E-state index >= 15 is 0 Å². The minimum Gasteiger partial charge on any atom is -0.490 e. The number of halogens is 3. The lowest BCUT2D eigenvalue weighted by molar-refractivity contribution is -0.164. The Hall–Kier alpha value is -1.92. The van der Waals surface area contributed by atoms with Crippen molar-refractivity contribution in [2.24, 2.45) is 5.41 Å². The number of rotatable bonds is 7. The lowest BCUT2D eigenvalue weighted by Crippen LogP contribution is -2.45. The second kappa shape index (κ2) is 8.26. The third kappa shape index (κ3) is 7.57. The van der Waals surface area contributed by atoms with Crippen LogP contribution in [0.5, 0.6) is 11.5 Å². The second-order valence-corrected chi connectivity index (χ2v) is 6.59. The van der Waals surface area contributed by atoms with Crippen LogP contribution in [0.1, 0.15) is 27.7 Å². The van der Waals surface area contributed by atoms with Gasteiger partial charge in [-0.2, -0.15) is 13.2 Å². The van der Waals surface area contributed by atoms with Crippen LogP contribution in [0.15, 0.2) is 24.3 Å². The molecular formula is C17H24F3NO3. The molecule has 4 nitrogen and oxygen atoms in total. The van der Waals surface area contributed by atoms with Crippen molar-refractivity contribution < 1.29 is 27.4 Å². The van der Waals surface area contributed by atoms with Gasteiger partial charge in [0, 0.05) is 6.54 Å². The van der Waals surface area contributed by atoms with Crippen molar-refractivity contribution in [2.75, 3.05) is 26.3 Å². The van der Waals surface area contributed by atoms with E-state index in [9.17, 15) is 18.0 Å². The van der Waals surface area contributed by atoms with Gasteiger partial charge in [-0.25, -0.2) is 0 Å². The van der Waals surface area contributed by atoms with E-state index in [-0.39, 0.29) is 6.54 Å². The van der Waals surface area contributed by atoms with Crippen LogP contribution in [0.2, 0.25) is 0 Å². The predicted molar refractivity (Wildman–Crippen MR) is 85.2 cm³/mol. The highest BCUT2D eigenvalue weighted by atomic mass is 19.4. The molecule has 24 heavy (non-hydrogen) atoms. The number of ether oxygens (including phenoxy) is 2. The second-order valence-electron chi connectivity index (χ2n) is 6.59. The maximum Gasteiger partial charge on any atom is 0.406 e. The van der Waals surface area contributed by atoms with Crippen molar-refractivity contribution in [3.8, 4) is 11.5 Å². The summed E-state index contributed by atoms with van der Waals surface area (Å²) < 4.78 is 48.9. The maximum absolute atomic E-state index is 12.7. The maximum atomic E-state index is 12.7. The van der Waals surface area contributed by atoms with Crippen molar-refractivity contribution in [1.82, 2.24) is 4.90 Å². The van der Waals surface area contributed by atoms with Gasteiger partial charge >= 0.3 is 6.18 Å². The Morgan fingerprint density at radius 3 is 2.04 bits per heavy atom. The van der Waals surface area contributed by atoms with Crippen LogP contribution < -0.4 is 9.47 Å². The smallest absolute Gasteiger partial charge is 0.406 e. The van der Waals surface area contributed by atoms with Gasteiger partial charge in [0.1, 0.15) is 6.54 Å². The summed E-state index contributed by atoms with van der Waals surface area (Å²) >= 11 is 0. The van der Waals surface area contributed by atoms with Crippen molar-refractivity contribution in [2.45, 2.75) is 33.9 Å². The zero-order valence-electron chi connectivity index (χ0n) is 14.4. The Morgan fingerprint density at radius 2 is 1.58 bits per heavy atom. The third-order valence-corrected chi connectivity index (χ3v) is 2.89. The van der Waals surface area contributed by atoms with E-state index in [1.807, 2.05) is 0 Å². The number of carbonyl (C=O) groups excluding carboxylic acids is 1. The van der Waals surface area contributed by atoms with Crippen LogP contribution in [0.3, 0.4) is 0 Å². The summed E-state index contributed by atoms with van der Waals surface area (Å²) in [7, 11) is 0. The molecule has 0 aliphatic rings. The molecule has 0 saturated heterocycles. The molecule has 0 heterocycles. The molecule has 0 aliphatic heterocycles. The predicted octanol–water partition coefficient (Wildman–Crippen LogP) is 3.90. The molecule has 1 amide bonds. The number of hydrogen-bond acceptors (Lipinski definition) is 3. The fourth-order valence-corrected chi connectivity index (χ4v) is 2.10. The molecule has 0 N–H and O–H groups in total. The third-order valence-electron chi connectivity index (χ3n) is 2.89. The zero-order valence-corrected chi connectivity index (χ0v) is 14.4. The van der Waals surface area contributed by atoms with Crippen LogP contribution in [-0.4, -0.2) is 43.3 Å². The zero-order chi connectivity index (χ0) is 18.4. The summed E-state index contributed by atoms with van der Waals surface area (Å²) in [5, 5.41) is 0. The standard InChI is InChI=1S/C17H24F3NO3/c1-5-23-13-8-6-7-9-14(13)24-10-15(22)21(11-16(2,3)4)12-17(18,19)20/h6-9H,5,10-12H2,1-4H3. The number of alkyl halides is 3. The highest BCUT2D eigenvalue weighted by Gasteiger charge is 2.34. The number of carbonyl (C=O) groups is 1. The molecule has 1 aromatic rings. The molecule has 0 aliphatic carbocycles. The highest BCUT2D eigenvalue weighted by molar-refractivity contribution is 5.78. The fraction of sp³-hybridized carbons (Fsp3) is 0.588. The molecule has 7 heteroatoms. The van der Waals surface area contributed by atoms with Gasteiger partial charge in [0.15, 0.2) is 18.1 Å². The molecule has 0 aromatic heterocycles. The summed E-state index contributed by atoms with van der Waals surface area (Å²) in [4.78, 5) is 13.0. The lowest BCUT2D eigenvalue weighted by Gasteiger charge is -2.30. The molecule has 0 spiro atoms. The van der Waals surface area contributed by atoms with E-state index in [2.05, 4.69) is 0 Å². The molecule has 0 unspecified atom stereocenters. The first kappa shape index (κ1) is 20.1.